The number of benzene rings is 1. The lowest BCUT2D eigenvalue weighted by atomic mass is 10.00. The normalized spacial score (nSPS) is 14.7. The van der Waals surface area contributed by atoms with Crippen LogP contribution in [0.25, 0.3) is 0 Å². The Morgan fingerprint density at radius 3 is 2.38 bits per heavy atom. The minimum absolute atomic E-state index is 0.257. The average Bonchev–Trinajstić information content (AvgIpc) is 2.35. The summed E-state index contributed by atoms with van der Waals surface area (Å²) in [6, 6.07) is 10.8. The van der Waals surface area contributed by atoms with Gasteiger partial charge in [-0.15, -0.1) is 0 Å². The van der Waals surface area contributed by atoms with Gasteiger partial charge in [-0.05, 0) is 25.5 Å². The van der Waals surface area contributed by atoms with Crippen molar-refractivity contribution in [2.45, 2.75) is 38.8 Å². The van der Waals surface area contributed by atoms with E-state index in [9.17, 15) is 0 Å². The molecule has 0 aromatic heterocycles. The van der Waals surface area contributed by atoms with Crippen molar-refractivity contribution < 1.29 is 4.74 Å². The molecule has 0 saturated carbocycles. The van der Waals surface area contributed by atoms with E-state index in [4.69, 9.17) is 4.74 Å². The summed E-state index contributed by atoms with van der Waals surface area (Å²) in [5, 5.41) is 3.35. The van der Waals surface area contributed by atoms with Crippen LogP contribution < -0.4 is 5.32 Å². The molecule has 0 spiro atoms. The molecule has 2 nitrogen and oxygen atoms in total. The van der Waals surface area contributed by atoms with Crippen molar-refractivity contribution >= 4 is 0 Å². The molecule has 0 aliphatic rings. The molecule has 0 amide bonds. The Balaban J connectivity index is 2.71. The zero-order chi connectivity index (χ0) is 11.8. The van der Waals surface area contributed by atoms with Crippen molar-refractivity contribution in [2.75, 3.05) is 13.7 Å². The summed E-state index contributed by atoms with van der Waals surface area (Å²) in [5.74, 6) is 0. The first kappa shape index (κ1) is 13.2. The second kappa shape index (κ2) is 7.42. The molecule has 0 saturated heterocycles. The highest BCUT2D eigenvalue weighted by atomic mass is 16.5. The first-order valence-corrected chi connectivity index (χ1v) is 6.17. The first-order chi connectivity index (χ1) is 7.83. The van der Waals surface area contributed by atoms with E-state index in [1.54, 1.807) is 0 Å². The maximum Gasteiger partial charge on any atom is 0.0767 e. The Labute approximate surface area is 99.0 Å². The van der Waals surface area contributed by atoms with Gasteiger partial charge in [-0.2, -0.15) is 0 Å². The highest BCUT2D eigenvalue weighted by Crippen LogP contribution is 2.21. The molecule has 2 atom stereocenters. The summed E-state index contributed by atoms with van der Waals surface area (Å²) in [5.41, 5.74) is 1.30. The predicted molar refractivity (Wildman–Crippen MR) is 68.6 cm³/mol. The standard InChI is InChI=1S/C14H23NO/c1-4-11-16-13(5-2)14(15-3)12-9-7-6-8-10-12/h6-10,13-15H,4-5,11H2,1-3H3. The minimum Gasteiger partial charge on any atom is -0.376 e. The molecule has 0 aliphatic carbocycles. The van der Waals surface area contributed by atoms with E-state index in [-0.39, 0.29) is 12.1 Å². The van der Waals surface area contributed by atoms with E-state index in [0.717, 1.165) is 19.4 Å². The van der Waals surface area contributed by atoms with Crippen LogP contribution in [0, 0.1) is 0 Å². The Morgan fingerprint density at radius 2 is 1.88 bits per heavy atom. The third kappa shape index (κ3) is 3.62. The molecule has 1 rings (SSSR count). The van der Waals surface area contributed by atoms with Crippen LogP contribution in [0.1, 0.15) is 38.3 Å². The van der Waals surface area contributed by atoms with Crippen LogP contribution in [-0.2, 0) is 4.74 Å². The number of ether oxygens (including phenoxy) is 1. The highest BCUT2D eigenvalue weighted by molar-refractivity contribution is 5.20. The molecule has 0 fully saturated rings. The first-order valence-electron chi connectivity index (χ1n) is 6.17. The molecule has 1 aromatic carbocycles. The van der Waals surface area contributed by atoms with Crippen LogP contribution in [-0.4, -0.2) is 19.8 Å². The quantitative estimate of drug-likeness (QED) is 0.763. The molecule has 1 aromatic rings. The Hall–Kier alpha value is -0.860. The van der Waals surface area contributed by atoms with Crippen molar-refractivity contribution in [3.8, 4) is 0 Å². The third-order valence-corrected chi connectivity index (χ3v) is 2.78. The molecule has 2 unspecified atom stereocenters. The van der Waals surface area contributed by atoms with Crippen molar-refractivity contribution in [1.82, 2.24) is 5.32 Å². The lowest BCUT2D eigenvalue weighted by Crippen LogP contribution is -2.31. The topological polar surface area (TPSA) is 21.3 Å². The monoisotopic (exact) mass is 221 g/mol. The van der Waals surface area contributed by atoms with Gasteiger partial charge < -0.3 is 10.1 Å². The Bertz CT molecular complexity index is 273. The second-order valence-electron chi connectivity index (χ2n) is 3.99. The number of likely N-dealkylation sites (N-methyl/N-ethyl adjacent to an activating group) is 1. The fourth-order valence-corrected chi connectivity index (χ4v) is 1.95. The van der Waals surface area contributed by atoms with E-state index in [1.165, 1.54) is 5.56 Å². The summed E-state index contributed by atoms with van der Waals surface area (Å²) in [7, 11) is 2.00. The van der Waals surface area contributed by atoms with Crippen LogP contribution >= 0.6 is 0 Å². The fourth-order valence-electron chi connectivity index (χ4n) is 1.95. The SMILES string of the molecule is CCCOC(CC)C(NC)c1ccccc1. The van der Waals surface area contributed by atoms with E-state index in [2.05, 4.69) is 43.4 Å². The number of nitrogens with one attached hydrogen (secondary N) is 1. The van der Waals surface area contributed by atoms with Crippen LogP contribution in [0.5, 0.6) is 0 Å². The molecule has 1 N–H and O–H groups in total. The predicted octanol–water partition coefficient (Wildman–Crippen LogP) is 3.15. The van der Waals surface area contributed by atoms with Gasteiger partial charge in [-0.3, -0.25) is 0 Å². The zero-order valence-corrected chi connectivity index (χ0v) is 10.6. The molecule has 0 bridgehead atoms. The fraction of sp³-hybridized carbons (Fsp3) is 0.571. The maximum atomic E-state index is 5.89. The van der Waals surface area contributed by atoms with Gasteiger partial charge in [-0.1, -0.05) is 44.2 Å². The summed E-state index contributed by atoms with van der Waals surface area (Å²) >= 11 is 0. The van der Waals surface area contributed by atoms with E-state index < -0.39 is 0 Å². The van der Waals surface area contributed by atoms with E-state index >= 15 is 0 Å². The summed E-state index contributed by atoms with van der Waals surface area (Å²) in [4.78, 5) is 0. The molecule has 0 radical (unpaired) electrons. The number of rotatable bonds is 7. The van der Waals surface area contributed by atoms with Crippen molar-refractivity contribution in [2.24, 2.45) is 0 Å². The average molecular weight is 221 g/mol. The maximum absolute atomic E-state index is 5.89. The Morgan fingerprint density at radius 1 is 1.19 bits per heavy atom. The molecular formula is C14H23NO. The minimum atomic E-state index is 0.257. The smallest absolute Gasteiger partial charge is 0.0767 e. The largest absolute Gasteiger partial charge is 0.376 e. The summed E-state index contributed by atoms with van der Waals surface area (Å²) < 4.78 is 5.89. The van der Waals surface area contributed by atoms with Gasteiger partial charge >= 0.3 is 0 Å². The molecule has 16 heavy (non-hydrogen) atoms. The summed E-state index contributed by atoms with van der Waals surface area (Å²) in [6.45, 7) is 5.15. The van der Waals surface area contributed by atoms with Gasteiger partial charge in [0.1, 0.15) is 0 Å². The molecule has 2 heteroatoms. The van der Waals surface area contributed by atoms with Crippen LogP contribution in [0.2, 0.25) is 0 Å². The van der Waals surface area contributed by atoms with Gasteiger partial charge in [0.2, 0.25) is 0 Å². The van der Waals surface area contributed by atoms with Gasteiger partial charge in [-0.25, -0.2) is 0 Å². The van der Waals surface area contributed by atoms with Gasteiger partial charge in [0.25, 0.3) is 0 Å². The van der Waals surface area contributed by atoms with Crippen molar-refractivity contribution in [3.63, 3.8) is 0 Å². The number of hydrogen-bond acceptors (Lipinski definition) is 2. The highest BCUT2D eigenvalue weighted by Gasteiger charge is 2.20. The molecule has 90 valence electrons. The third-order valence-electron chi connectivity index (χ3n) is 2.78. The second-order valence-corrected chi connectivity index (χ2v) is 3.99. The summed E-state index contributed by atoms with van der Waals surface area (Å²) in [6.07, 6.45) is 2.36. The van der Waals surface area contributed by atoms with E-state index in [1.807, 2.05) is 13.1 Å². The molecular weight excluding hydrogens is 198 g/mol. The van der Waals surface area contributed by atoms with Crippen molar-refractivity contribution in [1.29, 1.82) is 0 Å². The molecule has 0 aliphatic heterocycles. The number of hydrogen-bond donors (Lipinski definition) is 1. The Kier molecular flexibility index (Phi) is 6.12. The zero-order valence-electron chi connectivity index (χ0n) is 10.6. The van der Waals surface area contributed by atoms with Gasteiger partial charge in [0.15, 0.2) is 0 Å². The van der Waals surface area contributed by atoms with Crippen LogP contribution in [0.3, 0.4) is 0 Å². The lowest BCUT2D eigenvalue weighted by molar-refractivity contribution is 0.0255. The van der Waals surface area contributed by atoms with Crippen LogP contribution in [0.4, 0.5) is 0 Å². The van der Waals surface area contributed by atoms with Crippen LogP contribution in [0.15, 0.2) is 30.3 Å². The van der Waals surface area contributed by atoms with E-state index in [0.29, 0.717) is 0 Å². The molecule has 0 heterocycles. The lowest BCUT2D eigenvalue weighted by Gasteiger charge is -2.26. The van der Waals surface area contributed by atoms with Gasteiger partial charge in [0, 0.05) is 6.61 Å². The van der Waals surface area contributed by atoms with Gasteiger partial charge in [0.05, 0.1) is 12.1 Å². The van der Waals surface area contributed by atoms with Crippen molar-refractivity contribution in [3.05, 3.63) is 35.9 Å².